The molecule has 0 amide bonds. The molecule has 2 rings (SSSR count). The third-order valence-electron chi connectivity index (χ3n) is 2.92. The average molecular weight is 390 g/mol. The normalized spacial score (nSPS) is 11.4. The Morgan fingerprint density at radius 1 is 1.19 bits per heavy atom. The van der Waals surface area contributed by atoms with Crippen LogP contribution in [0, 0.1) is 0 Å². The van der Waals surface area contributed by atoms with E-state index in [4.69, 9.17) is 11.6 Å². The molecule has 2 N–H and O–H groups in total. The monoisotopic (exact) mass is 388 g/mol. The van der Waals surface area contributed by atoms with Crippen molar-refractivity contribution in [1.29, 1.82) is 0 Å². The Balaban J connectivity index is 2.27. The van der Waals surface area contributed by atoms with Crippen molar-refractivity contribution in [3.63, 3.8) is 0 Å². The molecule has 0 atom stereocenters. The third kappa shape index (κ3) is 3.97. The zero-order chi connectivity index (χ0) is 15.5. The van der Waals surface area contributed by atoms with Crippen molar-refractivity contribution < 1.29 is 8.42 Å². The Hall–Kier alpha value is -1.08. The molecule has 0 saturated carbocycles. The van der Waals surface area contributed by atoms with Crippen molar-refractivity contribution in [1.82, 2.24) is 4.72 Å². The van der Waals surface area contributed by atoms with Crippen LogP contribution in [0.3, 0.4) is 0 Å². The van der Waals surface area contributed by atoms with E-state index in [1.165, 1.54) is 7.05 Å². The van der Waals surface area contributed by atoms with E-state index < -0.39 is 10.0 Å². The molecular formula is C14H14BrClN2O2S. The highest BCUT2D eigenvalue weighted by Gasteiger charge is 2.15. The van der Waals surface area contributed by atoms with Gasteiger partial charge in [0, 0.05) is 16.0 Å². The Morgan fingerprint density at radius 3 is 2.62 bits per heavy atom. The molecule has 0 aromatic heterocycles. The standard InChI is InChI=1S/C14H14BrClN2O2S/c1-17-21(19,20)14-5-3-2-4-13(14)18-9-10-8-11(16)6-7-12(10)15/h2-8,17-18H,9H2,1H3. The molecule has 2 aromatic carbocycles. The van der Waals surface area contributed by atoms with Crippen LogP contribution in [-0.2, 0) is 16.6 Å². The molecule has 0 bridgehead atoms. The van der Waals surface area contributed by atoms with Gasteiger partial charge in [0.05, 0.1) is 5.69 Å². The lowest BCUT2D eigenvalue weighted by Gasteiger charge is -2.13. The van der Waals surface area contributed by atoms with Crippen LogP contribution in [0.5, 0.6) is 0 Å². The number of rotatable bonds is 5. The van der Waals surface area contributed by atoms with Crippen molar-refractivity contribution in [2.24, 2.45) is 0 Å². The maximum Gasteiger partial charge on any atom is 0.242 e. The van der Waals surface area contributed by atoms with Crippen LogP contribution in [0.4, 0.5) is 5.69 Å². The van der Waals surface area contributed by atoms with Crippen LogP contribution < -0.4 is 10.0 Å². The van der Waals surface area contributed by atoms with Gasteiger partial charge < -0.3 is 5.32 Å². The van der Waals surface area contributed by atoms with Gasteiger partial charge in [0.15, 0.2) is 0 Å². The molecule has 0 fully saturated rings. The summed E-state index contributed by atoms with van der Waals surface area (Å²) in [6, 6.07) is 12.2. The molecular weight excluding hydrogens is 376 g/mol. The Labute approximate surface area is 137 Å². The van der Waals surface area contributed by atoms with Crippen molar-refractivity contribution in [2.75, 3.05) is 12.4 Å². The van der Waals surface area contributed by atoms with Crippen LogP contribution >= 0.6 is 27.5 Å². The van der Waals surface area contributed by atoms with Crippen molar-refractivity contribution >= 4 is 43.2 Å². The van der Waals surface area contributed by atoms with Gasteiger partial charge in [-0.05, 0) is 42.9 Å². The summed E-state index contributed by atoms with van der Waals surface area (Å²) in [5.41, 5.74) is 1.48. The molecule has 0 aliphatic rings. The maximum absolute atomic E-state index is 12.0. The van der Waals surface area contributed by atoms with E-state index in [1.54, 1.807) is 30.3 Å². The lowest BCUT2D eigenvalue weighted by molar-refractivity contribution is 0.588. The number of para-hydroxylation sites is 1. The number of nitrogens with one attached hydrogen (secondary N) is 2. The summed E-state index contributed by atoms with van der Waals surface area (Å²) >= 11 is 9.42. The number of hydrogen-bond acceptors (Lipinski definition) is 3. The highest BCUT2D eigenvalue weighted by atomic mass is 79.9. The molecule has 0 saturated heterocycles. The average Bonchev–Trinajstić information content (AvgIpc) is 2.48. The van der Waals surface area contributed by atoms with E-state index in [0.717, 1.165) is 10.0 Å². The van der Waals surface area contributed by atoms with Crippen LogP contribution in [0.15, 0.2) is 51.8 Å². The summed E-state index contributed by atoms with van der Waals surface area (Å²) in [5, 5.41) is 3.76. The minimum absolute atomic E-state index is 0.214. The highest BCUT2D eigenvalue weighted by Crippen LogP contribution is 2.25. The molecule has 0 spiro atoms. The Morgan fingerprint density at radius 2 is 1.90 bits per heavy atom. The van der Waals surface area contributed by atoms with E-state index in [-0.39, 0.29) is 4.90 Å². The number of sulfonamides is 1. The van der Waals surface area contributed by atoms with Crippen LogP contribution in [0.2, 0.25) is 5.02 Å². The van der Waals surface area contributed by atoms with E-state index in [0.29, 0.717) is 17.3 Å². The van der Waals surface area contributed by atoms with Crippen molar-refractivity contribution in [3.05, 3.63) is 57.5 Å². The first kappa shape index (κ1) is 16.3. The predicted octanol–water partition coefficient (Wildman–Crippen LogP) is 3.62. The number of halogens is 2. The van der Waals surface area contributed by atoms with E-state index in [2.05, 4.69) is 26.0 Å². The lowest BCUT2D eigenvalue weighted by Crippen LogP contribution is -2.20. The summed E-state index contributed by atoms with van der Waals surface area (Å²) in [4.78, 5) is 0.214. The van der Waals surface area contributed by atoms with Crippen LogP contribution in [0.25, 0.3) is 0 Å². The first-order valence-electron chi connectivity index (χ1n) is 6.14. The van der Waals surface area contributed by atoms with E-state index in [9.17, 15) is 8.42 Å². The number of anilines is 1. The first-order chi connectivity index (χ1) is 9.94. The van der Waals surface area contributed by atoms with Gasteiger partial charge in [-0.25, -0.2) is 13.1 Å². The minimum Gasteiger partial charge on any atom is -0.380 e. The van der Waals surface area contributed by atoms with Crippen molar-refractivity contribution in [2.45, 2.75) is 11.4 Å². The molecule has 112 valence electrons. The van der Waals surface area contributed by atoms with Crippen LogP contribution in [0.1, 0.15) is 5.56 Å². The summed E-state index contributed by atoms with van der Waals surface area (Å²) in [5.74, 6) is 0. The molecule has 2 aromatic rings. The van der Waals surface area contributed by atoms with Gasteiger partial charge >= 0.3 is 0 Å². The minimum atomic E-state index is -3.50. The highest BCUT2D eigenvalue weighted by molar-refractivity contribution is 9.10. The molecule has 0 aliphatic heterocycles. The SMILES string of the molecule is CNS(=O)(=O)c1ccccc1NCc1cc(Cl)ccc1Br. The summed E-state index contributed by atoms with van der Waals surface area (Å²) in [7, 11) is -2.11. The quantitative estimate of drug-likeness (QED) is 0.821. The zero-order valence-corrected chi connectivity index (χ0v) is 14.4. The molecule has 0 unspecified atom stereocenters. The zero-order valence-electron chi connectivity index (χ0n) is 11.2. The number of benzene rings is 2. The van der Waals surface area contributed by atoms with Gasteiger partial charge in [-0.2, -0.15) is 0 Å². The van der Waals surface area contributed by atoms with Gasteiger partial charge in [-0.3, -0.25) is 0 Å². The summed E-state index contributed by atoms with van der Waals surface area (Å²) < 4.78 is 27.2. The van der Waals surface area contributed by atoms with Gasteiger partial charge in [-0.1, -0.05) is 39.7 Å². The van der Waals surface area contributed by atoms with Gasteiger partial charge in [0.2, 0.25) is 10.0 Å². The Bertz CT molecular complexity index is 750. The molecule has 21 heavy (non-hydrogen) atoms. The van der Waals surface area contributed by atoms with E-state index in [1.807, 2.05) is 12.1 Å². The van der Waals surface area contributed by atoms with Gasteiger partial charge in [0.25, 0.3) is 0 Å². The Kier molecular flexibility index (Phi) is 5.27. The summed E-state index contributed by atoms with van der Waals surface area (Å²) in [6.45, 7) is 0.456. The van der Waals surface area contributed by atoms with Gasteiger partial charge in [0.1, 0.15) is 4.90 Å². The molecule has 7 heteroatoms. The smallest absolute Gasteiger partial charge is 0.242 e. The largest absolute Gasteiger partial charge is 0.380 e. The molecule has 0 radical (unpaired) electrons. The second kappa shape index (κ2) is 6.79. The fourth-order valence-electron chi connectivity index (χ4n) is 1.83. The predicted molar refractivity (Wildman–Crippen MR) is 89.2 cm³/mol. The molecule has 0 aliphatic carbocycles. The van der Waals surface area contributed by atoms with Crippen molar-refractivity contribution in [3.8, 4) is 0 Å². The molecule has 4 nitrogen and oxygen atoms in total. The maximum atomic E-state index is 12.0. The number of hydrogen-bond donors (Lipinski definition) is 2. The first-order valence-corrected chi connectivity index (χ1v) is 8.80. The summed E-state index contributed by atoms with van der Waals surface area (Å²) in [6.07, 6.45) is 0. The third-order valence-corrected chi connectivity index (χ3v) is 5.40. The van der Waals surface area contributed by atoms with Crippen LogP contribution in [-0.4, -0.2) is 15.5 Å². The molecule has 0 heterocycles. The van der Waals surface area contributed by atoms with Gasteiger partial charge in [-0.15, -0.1) is 0 Å². The topological polar surface area (TPSA) is 58.2 Å². The second-order valence-corrected chi connectivity index (χ2v) is 7.44. The fraction of sp³-hybridized carbons (Fsp3) is 0.143. The van der Waals surface area contributed by atoms with E-state index >= 15 is 0 Å². The second-order valence-electron chi connectivity index (χ2n) is 4.29. The lowest BCUT2D eigenvalue weighted by atomic mass is 10.2. The fourth-order valence-corrected chi connectivity index (χ4v) is 3.32.